The highest BCUT2D eigenvalue weighted by Crippen LogP contribution is 2.13. The Bertz CT molecular complexity index is 316. The first-order chi connectivity index (χ1) is 6.15. The molecule has 0 radical (unpaired) electrons. The zero-order valence-corrected chi connectivity index (χ0v) is 8.34. The predicted molar refractivity (Wildman–Crippen MR) is 61.7 cm³/mol. The molecule has 0 saturated carbocycles. The van der Waals surface area contributed by atoms with Crippen molar-refractivity contribution in [2.45, 2.75) is 0 Å². The molecule has 0 fully saturated rings. The van der Waals surface area contributed by atoms with E-state index in [2.05, 4.69) is 6.58 Å². The molecular weight excluding hydrogens is 180 g/mol. The van der Waals surface area contributed by atoms with Crippen molar-refractivity contribution in [3.05, 3.63) is 36.4 Å². The molecule has 0 bridgehead atoms. The topological polar surface area (TPSA) is 29.3 Å². The van der Waals surface area contributed by atoms with E-state index in [9.17, 15) is 0 Å². The highest BCUT2D eigenvalue weighted by atomic mass is 32.1. The van der Waals surface area contributed by atoms with Crippen molar-refractivity contribution in [2.24, 2.45) is 5.73 Å². The predicted octanol–water partition coefficient (Wildman–Crippen LogP) is 2.01. The summed E-state index contributed by atoms with van der Waals surface area (Å²) in [6, 6.07) is 7.85. The van der Waals surface area contributed by atoms with Crippen molar-refractivity contribution in [3.63, 3.8) is 0 Å². The first-order valence-corrected chi connectivity index (χ1v) is 4.31. The Kier molecular flexibility index (Phi) is 3.03. The molecular formula is C10H12N2S. The average Bonchev–Trinajstić information content (AvgIpc) is 2.17. The summed E-state index contributed by atoms with van der Waals surface area (Å²) in [6.45, 7) is 3.68. The van der Waals surface area contributed by atoms with E-state index in [4.69, 9.17) is 18.0 Å². The lowest BCUT2D eigenvalue weighted by Gasteiger charge is -2.16. The minimum Gasteiger partial charge on any atom is -0.376 e. The molecule has 0 aliphatic carbocycles. The third-order valence-corrected chi connectivity index (χ3v) is 2.12. The molecule has 0 heterocycles. The van der Waals surface area contributed by atoms with Gasteiger partial charge in [-0.15, -0.1) is 0 Å². The van der Waals surface area contributed by atoms with Crippen LogP contribution in [0.25, 0.3) is 6.08 Å². The number of nitrogens with zero attached hydrogens (tertiary/aromatic N) is 1. The van der Waals surface area contributed by atoms with Gasteiger partial charge in [0.2, 0.25) is 0 Å². The van der Waals surface area contributed by atoms with Crippen LogP contribution in [0.2, 0.25) is 0 Å². The van der Waals surface area contributed by atoms with Gasteiger partial charge in [-0.3, -0.25) is 0 Å². The Hall–Kier alpha value is -1.35. The zero-order chi connectivity index (χ0) is 9.84. The fourth-order valence-corrected chi connectivity index (χ4v) is 1.07. The summed E-state index contributed by atoms with van der Waals surface area (Å²) in [5.41, 5.74) is 7.54. The second-order valence-corrected chi connectivity index (χ2v) is 3.11. The van der Waals surface area contributed by atoms with Gasteiger partial charge in [0, 0.05) is 12.7 Å². The number of hydrogen-bond acceptors (Lipinski definition) is 1. The monoisotopic (exact) mass is 192 g/mol. The second-order valence-electron chi connectivity index (χ2n) is 2.69. The standard InChI is InChI=1S/C10H12N2S/c1-3-8-4-6-9(7-5-8)12(2)10(11)13/h3-7H,1H2,2H3,(H2,11,13). The van der Waals surface area contributed by atoms with Gasteiger partial charge in [-0.1, -0.05) is 24.8 Å². The van der Waals surface area contributed by atoms with Gasteiger partial charge < -0.3 is 10.6 Å². The molecule has 0 amide bonds. The summed E-state index contributed by atoms with van der Waals surface area (Å²) >= 11 is 4.84. The van der Waals surface area contributed by atoms with E-state index < -0.39 is 0 Å². The summed E-state index contributed by atoms with van der Waals surface area (Å²) in [7, 11) is 1.84. The Morgan fingerprint density at radius 2 is 2.00 bits per heavy atom. The largest absolute Gasteiger partial charge is 0.376 e. The van der Waals surface area contributed by atoms with Gasteiger partial charge in [0.05, 0.1) is 0 Å². The Morgan fingerprint density at radius 3 is 2.38 bits per heavy atom. The Balaban J connectivity index is 2.91. The molecule has 0 atom stereocenters. The number of hydrogen-bond donors (Lipinski definition) is 1. The van der Waals surface area contributed by atoms with Crippen LogP contribution in [0.5, 0.6) is 0 Å². The van der Waals surface area contributed by atoms with E-state index in [1.54, 1.807) is 11.0 Å². The van der Waals surface area contributed by atoms with Crippen LogP contribution in [0.3, 0.4) is 0 Å². The normalized spacial score (nSPS) is 9.31. The SMILES string of the molecule is C=Cc1ccc(N(C)C(N)=S)cc1. The molecule has 68 valence electrons. The quantitative estimate of drug-likeness (QED) is 0.727. The van der Waals surface area contributed by atoms with Crippen molar-refractivity contribution in [1.82, 2.24) is 0 Å². The Morgan fingerprint density at radius 1 is 1.46 bits per heavy atom. The highest BCUT2D eigenvalue weighted by Gasteiger charge is 2.01. The fraction of sp³-hybridized carbons (Fsp3) is 0.100. The molecule has 1 aromatic carbocycles. The summed E-state index contributed by atoms with van der Waals surface area (Å²) in [5, 5.41) is 0.367. The van der Waals surface area contributed by atoms with Crippen molar-refractivity contribution in [2.75, 3.05) is 11.9 Å². The molecule has 0 aliphatic rings. The lowest BCUT2D eigenvalue weighted by Crippen LogP contribution is -2.31. The molecule has 1 aromatic rings. The molecule has 0 saturated heterocycles. The maximum atomic E-state index is 5.48. The Labute approximate surface area is 83.7 Å². The third kappa shape index (κ3) is 2.29. The summed E-state index contributed by atoms with van der Waals surface area (Å²) in [6.07, 6.45) is 1.80. The van der Waals surface area contributed by atoms with Gasteiger partial charge in [0.1, 0.15) is 0 Å². The van der Waals surface area contributed by atoms with Gasteiger partial charge in [-0.05, 0) is 29.9 Å². The van der Waals surface area contributed by atoms with E-state index in [1.165, 1.54) is 0 Å². The molecule has 0 aromatic heterocycles. The van der Waals surface area contributed by atoms with Gasteiger partial charge >= 0.3 is 0 Å². The van der Waals surface area contributed by atoms with Gasteiger partial charge in [-0.2, -0.15) is 0 Å². The number of benzene rings is 1. The van der Waals surface area contributed by atoms with Gasteiger partial charge in [0.15, 0.2) is 5.11 Å². The smallest absolute Gasteiger partial charge is 0.170 e. The lowest BCUT2D eigenvalue weighted by molar-refractivity contribution is 1.27. The molecule has 0 unspecified atom stereocenters. The molecule has 1 rings (SSSR count). The molecule has 13 heavy (non-hydrogen) atoms. The van der Waals surface area contributed by atoms with Crippen molar-refractivity contribution in [3.8, 4) is 0 Å². The first kappa shape index (κ1) is 9.74. The van der Waals surface area contributed by atoms with E-state index in [0.717, 1.165) is 11.3 Å². The van der Waals surface area contributed by atoms with Crippen LogP contribution in [-0.4, -0.2) is 12.2 Å². The van der Waals surface area contributed by atoms with E-state index in [-0.39, 0.29) is 0 Å². The van der Waals surface area contributed by atoms with Gasteiger partial charge in [0.25, 0.3) is 0 Å². The van der Waals surface area contributed by atoms with E-state index in [1.807, 2.05) is 31.3 Å². The van der Waals surface area contributed by atoms with Crippen molar-refractivity contribution in [1.29, 1.82) is 0 Å². The highest BCUT2D eigenvalue weighted by molar-refractivity contribution is 7.80. The van der Waals surface area contributed by atoms with Crippen LogP contribution in [0.1, 0.15) is 5.56 Å². The molecule has 3 heteroatoms. The fourth-order valence-electron chi connectivity index (χ4n) is 0.961. The maximum absolute atomic E-state index is 5.48. The molecule has 0 spiro atoms. The average molecular weight is 192 g/mol. The molecule has 2 N–H and O–H groups in total. The minimum absolute atomic E-state index is 0.367. The van der Waals surface area contributed by atoms with Crippen LogP contribution in [0.4, 0.5) is 5.69 Å². The van der Waals surface area contributed by atoms with Crippen LogP contribution >= 0.6 is 12.2 Å². The molecule has 2 nitrogen and oxygen atoms in total. The van der Waals surface area contributed by atoms with Crippen LogP contribution in [0.15, 0.2) is 30.8 Å². The number of thiocarbonyl (C=S) groups is 1. The summed E-state index contributed by atoms with van der Waals surface area (Å²) in [5.74, 6) is 0. The summed E-state index contributed by atoms with van der Waals surface area (Å²) in [4.78, 5) is 1.75. The number of nitrogens with two attached hydrogens (primary N) is 1. The molecule has 0 aliphatic heterocycles. The summed E-state index contributed by atoms with van der Waals surface area (Å²) < 4.78 is 0. The van der Waals surface area contributed by atoms with E-state index in [0.29, 0.717) is 5.11 Å². The third-order valence-electron chi connectivity index (χ3n) is 1.85. The zero-order valence-electron chi connectivity index (χ0n) is 7.53. The van der Waals surface area contributed by atoms with E-state index >= 15 is 0 Å². The van der Waals surface area contributed by atoms with Gasteiger partial charge in [-0.25, -0.2) is 0 Å². The lowest BCUT2D eigenvalue weighted by atomic mass is 10.2. The van der Waals surface area contributed by atoms with Crippen molar-refractivity contribution >= 4 is 29.1 Å². The van der Waals surface area contributed by atoms with Crippen LogP contribution in [0, 0.1) is 0 Å². The number of anilines is 1. The van der Waals surface area contributed by atoms with Crippen LogP contribution < -0.4 is 10.6 Å². The first-order valence-electron chi connectivity index (χ1n) is 3.91. The second kappa shape index (κ2) is 4.05. The maximum Gasteiger partial charge on any atom is 0.170 e. The van der Waals surface area contributed by atoms with Crippen molar-refractivity contribution < 1.29 is 0 Å². The minimum atomic E-state index is 0.367. The number of rotatable bonds is 2. The van der Waals surface area contributed by atoms with Crippen LogP contribution in [-0.2, 0) is 0 Å².